The zero-order valence-electron chi connectivity index (χ0n) is 11.4. The van der Waals surface area contributed by atoms with Crippen LogP contribution in [0.3, 0.4) is 0 Å². The van der Waals surface area contributed by atoms with Gasteiger partial charge in [0.25, 0.3) is 0 Å². The van der Waals surface area contributed by atoms with Crippen molar-refractivity contribution in [3.63, 3.8) is 0 Å². The largest absolute Gasteiger partial charge is 0.370 e. The summed E-state index contributed by atoms with van der Waals surface area (Å²) in [4.78, 5) is 11.1. The lowest BCUT2D eigenvalue weighted by Gasteiger charge is -2.21. The summed E-state index contributed by atoms with van der Waals surface area (Å²) in [5.74, 6) is 2.03. The summed E-state index contributed by atoms with van der Waals surface area (Å²) < 4.78 is 0. The van der Waals surface area contributed by atoms with Gasteiger partial charge in [-0.2, -0.15) is 0 Å². The molecule has 1 aliphatic heterocycles. The fraction of sp³-hybridized carbons (Fsp3) is 0.714. The van der Waals surface area contributed by atoms with E-state index in [1.807, 2.05) is 0 Å². The second kappa shape index (κ2) is 7.19. The molecular formula is C14H24N4. The van der Waals surface area contributed by atoms with E-state index >= 15 is 0 Å². The van der Waals surface area contributed by atoms with Gasteiger partial charge in [0.2, 0.25) is 0 Å². The Balaban J connectivity index is 1.96. The molecule has 1 aromatic rings. The van der Waals surface area contributed by atoms with Gasteiger partial charge in [0.1, 0.15) is 18.0 Å². The Kier molecular flexibility index (Phi) is 5.24. The van der Waals surface area contributed by atoms with Crippen LogP contribution in [0.2, 0.25) is 0 Å². The van der Waals surface area contributed by atoms with Crippen molar-refractivity contribution < 1.29 is 0 Å². The summed E-state index contributed by atoms with van der Waals surface area (Å²) in [5, 5.41) is 3.36. The first-order valence-electron chi connectivity index (χ1n) is 7.21. The summed E-state index contributed by atoms with van der Waals surface area (Å²) >= 11 is 0. The quantitative estimate of drug-likeness (QED) is 0.813. The third kappa shape index (κ3) is 3.86. The predicted octanol–water partition coefficient (Wildman–Crippen LogP) is 3.07. The molecule has 2 heterocycles. The lowest BCUT2D eigenvalue weighted by molar-refractivity contribution is 0.726. The Labute approximate surface area is 110 Å². The zero-order chi connectivity index (χ0) is 12.6. The van der Waals surface area contributed by atoms with Gasteiger partial charge >= 0.3 is 0 Å². The average Bonchev–Trinajstić information content (AvgIpc) is 2.68. The molecule has 0 unspecified atom stereocenters. The number of nitrogens with one attached hydrogen (secondary N) is 1. The Hall–Kier alpha value is -1.32. The first-order chi connectivity index (χ1) is 8.90. The smallest absolute Gasteiger partial charge is 0.134 e. The molecule has 18 heavy (non-hydrogen) atoms. The monoisotopic (exact) mass is 248 g/mol. The van der Waals surface area contributed by atoms with Gasteiger partial charge in [0, 0.05) is 25.7 Å². The van der Waals surface area contributed by atoms with E-state index in [1.54, 1.807) is 6.33 Å². The lowest BCUT2D eigenvalue weighted by atomic mass is 10.2. The maximum atomic E-state index is 4.41. The molecule has 0 bridgehead atoms. The lowest BCUT2D eigenvalue weighted by Crippen LogP contribution is -2.25. The molecule has 0 saturated carbocycles. The number of hydrogen-bond donors (Lipinski definition) is 1. The van der Waals surface area contributed by atoms with Crippen LogP contribution in [0.15, 0.2) is 12.4 Å². The second-order valence-corrected chi connectivity index (χ2v) is 4.94. The molecule has 0 aromatic carbocycles. The van der Waals surface area contributed by atoms with E-state index in [0.29, 0.717) is 0 Å². The minimum absolute atomic E-state index is 0.956. The van der Waals surface area contributed by atoms with Gasteiger partial charge in [-0.15, -0.1) is 0 Å². The van der Waals surface area contributed by atoms with Crippen LogP contribution in [0.4, 0.5) is 11.6 Å². The number of anilines is 2. The first kappa shape index (κ1) is 13.1. The summed E-state index contributed by atoms with van der Waals surface area (Å²) in [6.07, 6.45) is 9.33. The van der Waals surface area contributed by atoms with Crippen molar-refractivity contribution in [2.24, 2.45) is 0 Å². The Morgan fingerprint density at radius 2 is 1.94 bits per heavy atom. The predicted molar refractivity (Wildman–Crippen MR) is 76.1 cm³/mol. The normalized spacial score (nSPS) is 16.4. The highest BCUT2D eigenvalue weighted by Gasteiger charge is 2.11. The molecule has 0 atom stereocenters. The SMILES string of the molecule is CCCCNc1cc(N2CCCCCC2)ncn1. The summed E-state index contributed by atoms with van der Waals surface area (Å²) in [6.45, 7) is 5.45. The fourth-order valence-electron chi connectivity index (χ4n) is 2.31. The third-order valence-corrected chi connectivity index (χ3v) is 3.42. The van der Waals surface area contributed by atoms with Crippen LogP contribution in [0.5, 0.6) is 0 Å². The molecule has 1 aromatic heterocycles. The molecule has 0 aliphatic carbocycles. The van der Waals surface area contributed by atoms with Crippen LogP contribution in [0.1, 0.15) is 45.4 Å². The highest BCUT2D eigenvalue weighted by molar-refractivity contribution is 5.48. The maximum absolute atomic E-state index is 4.41. The van der Waals surface area contributed by atoms with E-state index in [2.05, 4.69) is 33.2 Å². The van der Waals surface area contributed by atoms with Crippen molar-refractivity contribution in [1.82, 2.24) is 9.97 Å². The van der Waals surface area contributed by atoms with E-state index in [0.717, 1.165) is 31.3 Å². The van der Waals surface area contributed by atoms with Crippen LogP contribution in [0.25, 0.3) is 0 Å². The Morgan fingerprint density at radius 3 is 2.67 bits per heavy atom. The number of unbranched alkanes of at least 4 members (excludes halogenated alkanes) is 1. The summed E-state index contributed by atoms with van der Waals surface area (Å²) in [5.41, 5.74) is 0. The van der Waals surface area contributed by atoms with Gasteiger partial charge in [-0.1, -0.05) is 26.2 Å². The molecule has 100 valence electrons. The van der Waals surface area contributed by atoms with Gasteiger partial charge in [-0.05, 0) is 19.3 Å². The van der Waals surface area contributed by atoms with Crippen molar-refractivity contribution in [3.8, 4) is 0 Å². The van der Waals surface area contributed by atoms with Gasteiger partial charge in [-0.3, -0.25) is 0 Å². The molecule has 1 saturated heterocycles. The van der Waals surface area contributed by atoms with Gasteiger partial charge < -0.3 is 10.2 Å². The number of aromatic nitrogens is 2. The zero-order valence-corrected chi connectivity index (χ0v) is 11.4. The van der Waals surface area contributed by atoms with Gasteiger partial charge in [-0.25, -0.2) is 9.97 Å². The number of hydrogen-bond acceptors (Lipinski definition) is 4. The van der Waals surface area contributed by atoms with E-state index in [-0.39, 0.29) is 0 Å². The Morgan fingerprint density at radius 1 is 1.17 bits per heavy atom. The maximum Gasteiger partial charge on any atom is 0.134 e. The van der Waals surface area contributed by atoms with Crippen LogP contribution in [-0.2, 0) is 0 Å². The molecular weight excluding hydrogens is 224 g/mol. The van der Waals surface area contributed by atoms with Crippen molar-refractivity contribution in [2.75, 3.05) is 29.9 Å². The molecule has 0 spiro atoms. The molecule has 4 nitrogen and oxygen atoms in total. The van der Waals surface area contributed by atoms with Gasteiger partial charge in [0.05, 0.1) is 0 Å². The van der Waals surface area contributed by atoms with Crippen molar-refractivity contribution in [2.45, 2.75) is 45.4 Å². The number of rotatable bonds is 5. The first-order valence-corrected chi connectivity index (χ1v) is 7.21. The van der Waals surface area contributed by atoms with E-state index in [1.165, 1.54) is 38.5 Å². The van der Waals surface area contributed by atoms with Crippen molar-refractivity contribution in [3.05, 3.63) is 12.4 Å². The standard InChI is InChI=1S/C14H24N4/c1-2-3-8-15-13-11-14(17-12-16-13)18-9-6-4-5-7-10-18/h11-12H,2-10H2,1H3,(H,15,16,17). The molecule has 1 fully saturated rings. The topological polar surface area (TPSA) is 41.0 Å². The van der Waals surface area contributed by atoms with Gasteiger partial charge in [0.15, 0.2) is 0 Å². The van der Waals surface area contributed by atoms with E-state index in [4.69, 9.17) is 0 Å². The molecule has 0 amide bonds. The highest BCUT2D eigenvalue weighted by atomic mass is 15.2. The molecule has 2 rings (SSSR count). The molecule has 4 heteroatoms. The average molecular weight is 248 g/mol. The summed E-state index contributed by atoms with van der Waals surface area (Å²) in [6, 6.07) is 2.08. The Bertz CT molecular complexity index is 345. The minimum Gasteiger partial charge on any atom is -0.370 e. The highest BCUT2D eigenvalue weighted by Crippen LogP contribution is 2.18. The second-order valence-electron chi connectivity index (χ2n) is 4.94. The van der Waals surface area contributed by atoms with Crippen molar-refractivity contribution in [1.29, 1.82) is 0 Å². The fourth-order valence-corrected chi connectivity index (χ4v) is 2.31. The number of nitrogens with zero attached hydrogens (tertiary/aromatic N) is 3. The van der Waals surface area contributed by atoms with Crippen LogP contribution >= 0.6 is 0 Å². The molecule has 0 radical (unpaired) electrons. The summed E-state index contributed by atoms with van der Waals surface area (Å²) in [7, 11) is 0. The van der Waals surface area contributed by atoms with Crippen molar-refractivity contribution >= 4 is 11.6 Å². The van der Waals surface area contributed by atoms with E-state index in [9.17, 15) is 0 Å². The van der Waals surface area contributed by atoms with Crippen LogP contribution in [0, 0.1) is 0 Å². The minimum atomic E-state index is 0.956. The third-order valence-electron chi connectivity index (χ3n) is 3.42. The molecule has 1 aliphatic rings. The van der Waals surface area contributed by atoms with Crippen LogP contribution in [-0.4, -0.2) is 29.6 Å². The van der Waals surface area contributed by atoms with Crippen LogP contribution < -0.4 is 10.2 Å². The van der Waals surface area contributed by atoms with E-state index < -0.39 is 0 Å². The molecule has 1 N–H and O–H groups in total.